The number of para-hydroxylation sites is 2. The van der Waals surface area contributed by atoms with Gasteiger partial charge in [0.15, 0.2) is 0 Å². The van der Waals surface area contributed by atoms with E-state index in [0.717, 1.165) is 25.9 Å². The Balaban J connectivity index is 0.00000480. The molecule has 2 aromatic rings. The molecule has 0 unspecified atom stereocenters. The van der Waals surface area contributed by atoms with Gasteiger partial charge in [-0.25, -0.2) is 0 Å². The third kappa shape index (κ3) is 12.5. The van der Waals surface area contributed by atoms with E-state index in [-0.39, 0.29) is 32.6 Å². The van der Waals surface area contributed by atoms with Crippen LogP contribution in [0.15, 0.2) is 58.5 Å². The molecule has 0 fully saturated rings. The van der Waals surface area contributed by atoms with E-state index < -0.39 is 0 Å². The van der Waals surface area contributed by atoms with Gasteiger partial charge in [0.25, 0.3) is 0 Å². The van der Waals surface area contributed by atoms with E-state index >= 15 is 0 Å². The minimum Gasteiger partial charge on any atom is -0.872 e. The smallest absolute Gasteiger partial charge is 0.872 e. The molecule has 0 saturated heterocycles. The molecular formula is C26H34N2O2Pt. The zero-order valence-corrected chi connectivity index (χ0v) is 20.6. The summed E-state index contributed by atoms with van der Waals surface area (Å²) in [5.74, 6) is 0.0815. The SMILES string of the molecule is [O-]c1ccccc1C=NCCCCCCCCCCCCN=Cc1ccccc1[O-].[Pt+2]. The number of hydrogen-bond acceptors (Lipinski definition) is 4. The van der Waals surface area contributed by atoms with Crippen LogP contribution in [0.3, 0.4) is 0 Å². The Morgan fingerprint density at radius 2 is 0.839 bits per heavy atom. The first kappa shape index (κ1) is 27.1. The normalized spacial score (nSPS) is 11.2. The molecule has 170 valence electrons. The minimum absolute atomic E-state index is 0. The Labute approximate surface area is 201 Å². The Morgan fingerprint density at radius 1 is 0.516 bits per heavy atom. The molecule has 0 aliphatic carbocycles. The van der Waals surface area contributed by atoms with Crippen molar-refractivity contribution >= 4 is 12.4 Å². The molecule has 0 heterocycles. The third-order valence-electron chi connectivity index (χ3n) is 5.12. The van der Waals surface area contributed by atoms with E-state index in [9.17, 15) is 10.2 Å². The molecule has 0 radical (unpaired) electrons. The van der Waals surface area contributed by atoms with Crippen molar-refractivity contribution in [3.8, 4) is 11.5 Å². The second-order valence-corrected chi connectivity index (χ2v) is 7.68. The molecular weight excluding hydrogens is 567 g/mol. The monoisotopic (exact) mass is 601 g/mol. The largest absolute Gasteiger partial charge is 2.00 e. The van der Waals surface area contributed by atoms with Gasteiger partial charge in [-0.3, -0.25) is 9.98 Å². The van der Waals surface area contributed by atoms with Crippen molar-refractivity contribution in [2.45, 2.75) is 64.2 Å². The molecule has 0 atom stereocenters. The van der Waals surface area contributed by atoms with E-state index in [1.807, 2.05) is 24.3 Å². The van der Waals surface area contributed by atoms with Crippen molar-refractivity contribution in [3.63, 3.8) is 0 Å². The van der Waals surface area contributed by atoms with Gasteiger partial charge in [-0.2, -0.15) is 0 Å². The van der Waals surface area contributed by atoms with Crippen LogP contribution in [0.5, 0.6) is 11.5 Å². The molecule has 0 bridgehead atoms. The summed E-state index contributed by atoms with van der Waals surface area (Å²) < 4.78 is 0. The number of nitrogens with zero attached hydrogens (tertiary/aromatic N) is 2. The summed E-state index contributed by atoms with van der Waals surface area (Å²) in [6.45, 7) is 1.61. The van der Waals surface area contributed by atoms with Gasteiger partial charge in [-0.15, -0.1) is 11.5 Å². The van der Waals surface area contributed by atoms with E-state index in [2.05, 4.69) is 9.98 Å². The molecule has 0 aliphatic heterocycles. The van der Waals surface area contributed by atoms with Crippen LogP contribution >= 0.6 is 0 Å². The number of hydrogen-bond donors (Lipinski definition) is 0. The van der Waals surface area contributed by atoms with Crippen LogP contribution in [0.4, 0.5) is 0 Å². The van der Waals surface area contributed by atoms with E-state index in [1.165, 1.54) is 51.4 Å². The summed E-state index contributed by atoms with van der Waals surface area (Å²) in [4.78, 5) is 8.72. The predicted molar refractivity (Wildman–Crippen MR) is 123 cm³/mol. The minimum atomic E-state index is 0. The Hall–Kier alpha value is -1.93. The molecule has 4 nitrogen and oxygen atoms in total. The van der Waals surface area contributed by atoms with Crippen molar-refractivity contribution in [1.82, 2.24) is 0 Å². The molecule has 0 N–H and O–H groups in total. The Kier molecular flexibility index (Phi) is 15.5. The summed E-state index contributed by atoms with van der Waals surface area (Å²) in [6.07, 6.45) is 15.8. The van der Waals surface area contributed by atoms with Crippen LogP contribution in [0.25, 0.3) is 0 Å². The maximum absolute atomic E-state index is 11.6. The molecule has 0 aromatic heterocycles. The first-order chi connectivity index (χ1) is 14.8. The van der Waals surface area contributed by atoms with Gasteiger partial charge < -0.3 is 10.2 Å². The number of rotatable bonds is 15. The van der Waals surface area contributed by atoms with Crippen molar-refractivity contribution in [2.75, 3.05) is 13.1 Å². The topological polar surface area (TPSA) is 70.8 Å². The average molecular weight is 602 g/mol. The van der Waals surface area contributed by atoms with Gasteiger partial charge in [0.2, 0.25) is 0 Å². The van der Waals surface area contributed by atoms with Gasteiger partial charge in [0.1, 0.15) is 0 Å². The number of benzene rings is 2. The second kappa shape index (κ2) is 17.7. The first-order valence-corrected chi connectivity index (χ1v) is 11.3. The molecule has 2 aromatic carbocycles. The maximum Gasteiger partial charge on any atom is 2.00 e. The summed E-state index contributed by atoms with van der Waals surface area (Å²) in [5.41, 5.74) is 1.36. The fourth-order valence-electron chi connectivity index (χ4n) is 3.32. The standard InChI is InChI=1S/C26H36N2O2.Pt/c29-25-17-11-9-15-23(25)21-27-19-13-7-5-3-1-2-4-6-8-14-20-28-22-24-16-10-12-18-26(24)30;/h9-12,15-18,21-22,29-30H,1-8,13-14,19-20H2;/q;+2/p-2. The molecule has 0 spiro atoms. The third-order valence-corrected chi connectivity index (χ3v) is 5.12. The second-order valence-electron chi connectivity index (χ2n) is 7.68. The molecule has 5 heteroatoms. The van der Waals surface area contributed by atoms with Crippen LogP contribution in [-0.4, -0.2) is 25.5 Å². The van der Waals surface area contributed by atoms with E-state index in [4.69, 9.17) is 0 Å². The van der Waals surface area contributed by atoms with Crippen molar-refractivity contribution < 1.29 is 31.3 Å². The molecule has 0 aliphatic rings. The molecule has 0 saturated carbocycles. The fourth-order valence-corrected chi connectivity index (χ4v) is 3.32. The summed E-state index contributed by atoms with van der Waals surface area (Å²) in [7, 11) is 0. The van der Waals surface area contributed by atoms with Crippen LogP contribution in [0.1, 0.15) is 75.3 Å². The van der Waals surface area contributed by atoms with Crippen LogP contribution in [-0.2, 0) is 21.1 Å². The summed E-state index contributed by atoms with van der Waals surface area (Å²) >= 11 is 0. The van der Waals surface area contributed by atoms with Crippen molar-refractivity contribution in [3.05, 3.63) is 59.7 Å². The molecule has 31 heavy (non-hydrogen) atoms. The van der Waals surface area contributed by atoms with E-state index in [1.54, 1.807) is 36.7 Å². The molecule has 0 amide bonds. The first-order valence-electron chi connectivity index (χ1n) is 11.3. The van der Waals surface area contributed by atoms with Crippen LogP contribution < -0.4 is 10.2 Å². The van der Waals surface area contributed by atoms with Crippen LogP contribution in [0.2, 0.25) is 0 Å². The van der Waals surface area contributed by atoms with Crippen molar-refractivity contribution in [2.24, 2.45) is 9.98 Å². The Bertz CT molecular complexity index is 712. The zero-order chi connectivity index (χ0) is 21.3. The quantitative estimate of drug-likeness (QED) is 0.206. The van der Waals surface area contributed by atoms with Crippen molar-refractivity contribution in [1.29, 1.82) is 0 Å². The van der Waals surface area contributed by atoms with Gasteiger partial charge in [0, 0.05) is 25.5 Å². The van der Waals surface area contributed by atoms with Gasteiger partial charge in [-0.05, 0) is 24.0 Å². The Morgan fingerprint density at radius 3 is 1.19 bits per heavy atom. The fraction of sp³-hybridized carbons (Fsp3) is 0.462. The number of aliphatic imine (C=N–C) groups is 2. The van der Waals surface area contributed by atoms with Gasteiger partial charge in [-0.1, -0.05) is 99.9 Å². The summed E-state index contributed by atoms with van der Waals surface area (Å²) in [5, 5.41) is 23.1. The van der Waals surface area contributed by atoms with Gasteiger partial charge in [0.05, 0.1) is 0 Å². The van der Waals surface area contributed by atoms with Gasteiger partial charge >= 0.3 is 21.1 Å². The number of unbranched alkanes of at least 4 members (excludes halogenated alkanes) is 9. The zero-order valence-electron chi connectivity index (χ0n) is 18.3. The summed E-state index contributed by atoms with van der Waals surface area (Å²) in [6, 6.07) is 14.0. The van der Waals surface area contributed by atoms with Crippen LogP contribution in [0, 0.1) is 0 Å². The average Bonchev–Trinajstić information content (AvgIpc) is 2.76. The molecule has 2 rings (SSSR count). The van der Waals surface area contributed by atoms with E-state index in [0.29, 0.717) is 11.1 Å². The maximum atomic E-state index is 11.6. The predicted octanol–water partition coefficient (Wildman–Crippen LogP) is 5.27.